The number of rotatable bonds is 9. The van der Waals surface area contributed by atoms with Gasteiger partial charge in [-0.3, -0.25) is 24.6 Å². The molecule has 1 saturated heterocycles. The third-order valence-corrected chi connectivity index (χ3v) is 7.11. The molecule has 2 amide bonds. The molecule has 0 atom stereocenters. The Labute approximate surface area is 232 Å². The Balaban J connectivity index is 1.30. The zero-order valence-electron chi connectivity index (χ0n) is 20.5. The van der Waals surface area contributed by atoms with E-state index in [0.29, 0.717) is 45.8 Å². The van der Waals surface area contributed by atoms with E-state index in [0.717, 1.165) is 22.2 Å². The number of hydrogen-bond acceptors (Lipinski definition) is 9. The number of nitrogens with zero attached hydrogens (tertiary/aromatic N) is 2. The van der Waals surface area contributed by atoms with Gasteiger partial charge in [-0.25, -0.2) is 0 Å². The highest BCUT2D eigenvalue weighted by Crippen LogP contribution is 2.40. The molecule has 0 spiro atoms. The number of carbonyl (C=O) groups is 2. The Bertz CT molecular complexity index is 1490. The summed E-state index contributed by atoms with van der Waals surface area (Å²) in [5.41, 5.74) is 1.97. The van der Waals surface area contributed by atoms with Gasteiger partial charge < -0.3 is 18.9 Å². The molecule has 200 valence electrons. The van der Waals surface area contributed by atoms with Crippen molar-refractivity contribution in [3.8, 4) is 23.0 Å². The minimum absolute atomic E-state index is 0.00140. The summed E-state index contributed by atoms with van der Waals surface area (Å²) < 4.78 is 22.3. The summed E-state index contributed by atoms with van der Waals surface area (Å²) in [5.74, 6) is 1.52. The van der Waals surface area contributed by atoms with Crippen LogP contribution in [-0.2, 0) is 17.9 Å². The SMILES string of the molecule is CCOc1cc(/C=C2/SC(=O)N(Cc3cc4c(cc3Cl)OCO4)C2=O)ccc1OCc1ccc([N+](=O)[O-])cc1. The number of nitro benzene ring substituents is 1. The number of ether oxygens (including phenoxy) is 4. The van der Waals surface area contributed by atoms with Crippen LogP contribution in [0.25, 0.3) is 6.08 Å². The lowest BCUT2D eigenvalue weighted by molar-refractivity contribution is -0.384. The van der Waals surface area contributed by atoms with Crippen molar-refractivity contribution < 1.29 is 33.5 Å². The lowest BCUT2D eigenvalue weighted by Gasteiger charge is -2.14. The predicted octanol–water partition coefficient (Wildman–Crippen LogP) is 6.19. The molecular weight excluding hydrogens is 548 g/mol. The van der Waals surface area contributed by atoms with Crippen LogP contribution in [0.4, 0.5) is 10.5 Å². The first-order valence-electron chi connectivity index (χ1n) is 11.8. The maximum absolute atomic E-state index is 13.1. The number of amides is 2. The van der Waals surface area contributed by atoms with Crippen molar-refractivity contribution in [2.45, 2.75) is 20.1 Å². The summed E-state index contributed by atoms with van der Waals surface area (Å²) in [4.78, 5) is 37.6. The molecule has 1 fully saturated rings. The van der Waals surface area contributed by atoms with Crippen LogP contribution in [-0.4, -0.2) is 34.4 Å². The maximum Gasteiger partial charge on any atom is 0.293 e. The first-order valence-corrected chi connectivity index (χ1v) is 13.0. The Morgan fingerprint density at radius 2 is 1.79 bits per heavy atom. The molecule has 10 nitrogen and oxygen atoms in total. The van der Waals surface area contributed by atoms with Gasteiger partial charge in [-0.1, -0.05) is 17.7 Å². The number of imide groups is 1. The van der Waals surface area contributed by atoms with Crippen LogP contribution in [0.3, 0.4) is 0 Å². The third kappa shape index (κ3) is 5.79. The van der Waals surface area contributed by atoms with Crippen LogP contribution in [0.2, 0.25) is 5.02 Å². The molecule has 2 aliphatic heterocycles. The van der Waals surface area contributed by atoms with Gasteiger partial charge in [0.1, 0.15) is 6.61 Å². The standard InChI is InChI=1S/C27H21ClN2O8S/c1-2-35-22-9-17(5-8-21(22)36-14-16-3-6-19(7-4-16)30(33)34)10-25-26(31)29(27(32)39-25)13-18-11-23-24(12-20(18)28)38-15-37-23/h3-12H,2,13-15H2,1H3/b25-10+. The Hall–Kier alpha value is -4.22. The first kappa shape index (κ1) is 26.4. The van der Waals surface area contributed by atoms with Crippen molar-refractivity contribution in [3.05, 3.63) is 91.3 Å². The number of carbonyl (C=O) groups excluding carboxylic acids is 2. The van der Waals surface area contributed by atoms with E-state index in [1.165, 1.54) is 12.1 Å². The summed E-state index contributed by atoms with van der Waals surface area (Å²) in [6.07, 6.45) is 1.62. The molecule has 0 aromatic heterocycles. The summed E-state index contributed by atoms with van der Waals surface area (Å²) >= 11 is 7.18. The van der Waals surface area contributed by atoms with Gasteiger partial charge in [0.05, 0.1) is 23.0 Å². The molecule has 0 aliphatic carbocycles. The zero-order valence-corrected chi connectivity index (χ0v) is 22.1. The monoisotopic (exact) mass is 568 g/mol. The molecule has 0 N–H and O–H groups in total. The molecule has 39 heavy (non-hydrogen) atoms. The van der Waals surface area contributed by atoms with Gasteiger partial charge in [-0.2, -0.15) is 0 Å². The molecular formula is C27H21ClN2O8S. The molecule has 12 heteroatoms. The smallest absolute Gasteiger partial charge is 0.293 e. The third-order valence-electron chi connectivity index (χ3n) is 5.85. The van der Waals surface area contributed by atoms with E-state index in [-0.39, 0.29) is 30.5 Å². The fraction of sp³-hybridized carbons (Fsp3) is 0.185. The molecule has 2 heterocycles. The number of thioether (sulfide) groups is 1. The Morgan fingerprint density at radius 1 is 1.05 bits per heavy atom. The lowest BCUT2D eigenvalue weighted by atomic mass is 10.1. The largest absolute Gasteiger partial charge is 0.490 e. The lowest BCUT2D eigenvalue weighted by Crippen LogP contribution is -2.27. The fourth-order valence-corrected chi connectivity index (χ4v) is 4.97. The number of hydrogen-bond donors (Lipinski definition) is 0. The van der Waals surface area contributed by atoms with Gasteiger partial charge in [0.2, 0.25) is 6.79 Å². The normalized spacial score (nSPS) is 15.2. The van der Waals surface area contributed by atoms with Crippen LogP contribution in [0.15, 0.2) is 59.5 Å². The quantitative estimate of drug-likeness (QED) is 0.169. The first-order chi connectivity index (χ1) is 18.8. The number of nitro groups is 1. The second kappa shape index (κ2) is 11.3. The van der Waals surface area contributed by atoms with Crippen LogP contribution < -0.4 is 18.9 Å². The van der Waals surface area contributed by atoms with Crippen LogP contribution in [0.5, 0.6) is 23.0 Å². The predicted molar refractivity (Wildman–Crippen MR) is 144 cm³/mol. The highest BCUT2D eigenvalue weighted by molar-refractivity contribution is 8.18. The minimum Gasteiger partial charge on any atom is -0.490 e. The summed E-state index contributed by atoms with van der Waals surface area (Å²) in [6.45, 7) is 2.48. The van der Waals surface area contributed by atoms with Crippen LogP contribution >= 0.6 is 23.4 Å². The average Bonchev–Trinajstić information content (AvgIpc) is 3.47. The minimum atomic E-state index is -0.461. The molecule has 0 bridgehead atoms. The fourth-order valence-electron chi connectivity index (χ4n) is 3.92. The van der Waals surface area contributed by atoms with Gasteiger partial charge in [0, 0.05) is 23.2 Å². The van der Waals surface area contributed by atoms with Gasteiger partial charge >= 0.3 is 0 Å². The summed E-state index contributed by atoms with van der Waals surface area (Å²) in [6, 6.07) is 14.5. The molecule has 0 radical (unpaired) electrons. The maximum atomic E-state index is 13.1. The molecule has 3 aromatic carbocycles. The number of non-ortho nitro benzene ring substituents is 1. The van der Waals surface area contributed by atoms with Gasteiger partial charge in [0.15, 0.2) is 23.0 Å². The van der Waals surface area contributed by atoms with Gasteiger partial charge in [-0.15, -0.1) is 0 Å². The van der Waals surface area contributed by atoms with Crippen molar-refractivity contribution in [3.63, 3.8) is 0 Å². The van der Waals surface area contributed by atoms with E-state index in [1.807, 2.05) is 6.92 Å². The Morgan fingerprint density at radius 3 is 2.51 bits per heavy atom. The van der Waals surface area contributed by atoms with Crippen molar-refractivity contribution in [2.75, 3.05) is 13.4 Å². The second-order valence-corrected chi connectivity index (χ2v) is 9.82. The van der Waals surface area contributed by atoms with E-state index in [9.17, 15) is 19.7 Å². The Kier molecular flexibility index (Phi) is 7.62. The van der Waals surface area contributed by atoms with Crippen molar-refractivity contribution in [2.24, 2.45) is 0 Å². The van der Waals surface area contributed by atoms with Crippen molar-refractivity contribution in [1.29, 1.82) is 0 Å². The number of fused-ring (bicyclic) bond motifs is 1. The number of benzene rings is 3. The van der Waals surface area contributed by atoms with Crippen molar-refractivity contribution >= 4 is 46.3 Å². The molecule has 0 unspecified atom stereocenters. The van der Waals surface area contributed by atoms with E-state index < -0.39 is 16.1 Å². The molecule has 0 saturated carbocycles. The summed E-state index contributed by atoms with van der Waals surface area (Å²) in [7, 11) is 0. The van der Waals surface area contributed by atoms with Gasteiger partial charge in [-0.05, 0) is 71.8 Å². The summed E-state index contributed by atoms with van der Waals surface area (Å²) in [5, 5.41) is 10.8. The molecule has 2 aliphatic rings. The van der Waals surface area contributed by atoms with E-state index in [1.54, 1.807) is 48.5 Å². The molecule has 5 rings (SSSR count). The van der Waals surface area contributed by atoms with Gasteiger partial charge in [0.25, 0.3) is 16.8 Å². The second-order valence-electron chi connectivity index (χ2n) is 8.42. The topological polar surface area (TPSA) is 117 Å². The zero-order chi connectivity index (χ0) is 27.5. The van der Waals surface area contributed by atoms with E-state index >= 15 is 0 Å². The van der Waals surface area contributed by atoms with Crippen LogP contribution in [0.1, 0.15) is 23.6 Å². The van der Waals surface area contributed by atoms with E-state index in [2.05, 4.69) is 0 Å². The highest BCUT2D eigenvalue weighted by atomic mass is 35.5. The molecule has 3 aromatic rings. The average molecular weight is 569 g/mol. The number of halogens is 1. The highest BCUT2D eigenvalue weighted by Gasteiger charge is 2.35. The van der Waals surface area contributed by atoms with Crippen LogP contribution in [0, 0.1) is 10.1 Å². The van der Waals surface area contributed by atoms with Crippen molar-refractivity contribution in [1.82, 2.24) is 4.90 Å². The van der Waals surface area contributed by atoms with E-state index in [4.69, 9.17) is 30.5 Å².